The predicted molar refractivity (Wildman–Crippen MR) is 164 cm³/mol. The number of aliphatic hydroxyl groups excluding tert-OH is 1. The van der Waals surface area contributed by atoms with Crippen molar-refractivity contribution in [3.05, 3.63) is 90.5 Å². The topological polar surface area (TPSA) is 96.4 Å². The summed E-state index contributed by atoms with van der Waals surface area (Å²) in [5.74, 6) is -2.96. The van der Waals surface area contributed by atoms with Crippen molar-refractivity contribution in [2.75, 3.05) is 24.7 Å². The summed E-state index contributed by atoms with van der Waals surface area (Å²) >= 11 is 0. The number of aliphatic hydroxyl groups is 1. The fourth-order valence-corrected chi connectivity index (χ4v) is 7.66. The highest BCUT2D eigenvalue weighted by Crippen LogP contribution is 2.64. The average molecular weight is 587 g/mol. The summed E-state index contributed by atoms with van der Waals surface area (Å²) in [5, 5.41) is 10.7. The minimum atomic E-state index is -1.24. The number of anilines is 1. The lowest BCUT2D eigenvalue weighted by Gasteiger charge is -2.40. The fourth-order valence-electron chi connectivity index (χ4n) is 7.66. The van der Waals surface area contributed by atoms with Crippen molar-refractivity contribution in [3.8, 4) is 0 Å². The first-order valence-electron chi connectivity index (χ1n) is 15.1. The normalized spacial score (nSPS) is 28.0. The smallest absolute Gasteiger partial charge is 0.312 e. The molecule has 6 atom stereocenters. The molecule has 2 aromatic carbocycles. The van der Waals surface area contributed by atoms with E-state index in [4.69, 9.17) is 9.47 Å². The van der Waals surface area contributed by atoms with Gasteiger partial charge in [0.05, 0.1) is 30.8 Å². The molecule has 2 amide bonds. The quantitative estimate of drug-likeness (QED) is 0.226. The van der Waals surface area contributed by atoms with Crippen LogP contribution in [0, 0.1) is 25.7 Å². The maximum atomic E-state index is 15.0. The zero-order valence-electron chi connectivity index (χ0n) is 25.3. The van der Waals surface area contributed by atoms with Crippen LogP contribution in [0.4, 0.5) is 5.69 Å². The van der Waals surface area contributed by atoms with E-state index in [1.807, 2.05) is 69.3 Å². The molecule has 1 spiro atoms. The van der Waals surface area contributed by atoms with Crippen LogP contribution in [0.3, 0.4) is 0 Å². The monoisotopic (exact) mass is 586 g/mol. The number of rotatable bonds is 12. The number of esters is 1. The molecule has 8 nitrogen and oxygen atoms in total. The Labute approximate surface area is 254 Å². The molecule has 228 valence electrons. The molecule has 1 N–H and O–H groups in total. The minimum Gasteiger partial charge on any atom is -0.465 e. The molecule has 0 saturated carbocycles. The highest BCUT2D eigenvalue weighted by molar-refractivity contribution is 6.05. The van der Waals surface area contributed by atoms with Gasteiger partial charge < -0.3 is 24.4 Å². The Hall–Kier alpha value is -3.75. The average Bonchev–Trinajstić information content (AvgIpc) is 3.56. The number of nitrogens with zero attached hydrogens (tertiary/aromatic N) is 2. The molecule has 43 heavy (non-hydrogen) atoms. The summed E-state index contributed by atoms with van der Waals surface area (Å²) in [5.41, 5.74) is 1.30. The molecule has 3 aliphatic rings. The van der Waals surface area contributed by atoms with Crippen LogP contribution in [0.5, 0.6) is 0 Å². The number of carbonyl (C=O) groups excluding carboxylic acids is 3. The van der Waals surface area contributed by atoms with Crippen molar-refractivity contribution in [1.82, 2.24) is 4.90 Å². The maximum absolute atomic E-state index is 15.0. The van der Waals surface area contributed by atoms with Gasteiger partial charge in [-0.25, -0.2) is 0 Å². The van der Waals surface area contributed by atoms with Crippen LogP contribution in [0.25, 0.3) is 0 Å². The van der Waals surface area contributed by atoms with E-state index in [1.54, 1.807) is 17.1 Å². The van der Waals surface area contributed by atoms with Crippen LogP contribution in [0.1, 0.15) is 42.9 Å². The van der Waals surface area contributed by atoms with E-state index in [9.17, 15) is 19.5 Å². The van der Waals surface area contributed by atoms with E-state index in [1.165, 1.54) is 4.90 Å². The lowest BCUT2D eigenvalue weighted by molar-refractivity contribution is -0.160. The summed E-state index contributed by atoms with van der Waals surface area (Å²) in [6, 6.07) is 13.6. The number of benzene rings is 2. The van der Waals surface area contributed by atoms with Crippen LogP contribution < -0.4 is 4.90 Å². The number of para-hydroxylation sites is 1. The predicted octanol–water partition coefficient (Wildman–Crippen LogP) is 4.31. The van der Waals surface area contributed by atoms with E-state index in [0.29, 0.717) is 25.7 Å². The number of likely N-dealkylation sites (tertiary alicyclic amines) is 1. The molecular weight excluding hydrogens is 544 g/mol. The number of ether oxygens (including phenoxy) is 2. The van der Waals surface area contributed by atoms with E-state index in [0.717, 1.165) is 22.4 Å². The second-order valence-corrected chi connectivity index (χ2v) is 12.2. The second kappa shape index (κ2) is 12.1. The lowest BCUT2D eigenvalue weighted by atomic mass is 9.66. The molecule has 0 aliphatic carbocycles. The van der Waals surface area contributed by atoms with E-state index in [-0.39, 0.29) is 31.6 Å². The van der Waals surface area contributed by atoms with Gasteiger partial charge in [-0.1, -0.05) is 60.7 Å². The first kappa shape index (κ1) is 30.7. The van der Waals surface area contributed by atoms with Gasteiger partial charge >= 0.3 is 5.97 Å². The number of hydrogen-bond donors (Lipinski definition) is 1. The summed E-state index contributed by atoms with van der Waals surface area (Å²) in [6.07, 6.45) is 5.10. The summed E-state index contributed by atoms with van der Waals surface area (Å²) in [6.45, 7) is 13.4. The molecule has 5 rings (SSSR count). The number of amides is 2. The van der Waals surface area contributed by atoms with Gasteiger partial charge in [-0.3, -0.25) is 14.4 Å². The molecule has 0 radical (unpaired) electrons. The molecule has 3 saturated heterocycles. The Morgan fingerprint density at radius 1 is 1.12 bits per heavy atom. The zero-order chi connectivity index (χ0) is 30.9. The molecule has 2 unspecified atom stereocenters. The van der Waals surface area contributed by atoms with E-state index >= 15 is 0 Å². The highest BCUT2D eigenvalue weighted by Gasteiger charge is 2.79. The Morgan fingerprint density at radius 3 is 2.44 bits per heavy atom. The van der Waals surface area contributed by atoms with E-state index < -0.39 is 41.1 Å². The van der Waals surface area contributed by atoms with Gasteiger partial charge in [0.2, 0.25) is 5.91 Å². The Balaban J connectivity index is 1.63. The summed E-state index contributed by atoms with van der Waals surface area (Å²) in [4.78, 5) is 46.4. The molecule has 0 aromatic heterocycles. The molecule has 3 fully saturated rings. The number of fused-ring (bicyclic) bond motifs is 1. The third-order valence-corrected chi connectivity index (χ3v) is 9.47. The first-order valence-corrected chi connectivity index (χ1v) is 15.1. The molecule has 3 heterocycles. The minimum absolute atomic E-state index is 0.155. The number of carbonyl (C=O) groups is 3. The molecular formula is C35H42N2O6. The van der Waals surface area contributed by atoms with Crippen LogP contribution in [0.15, 0.2) is 73.8 Å². The lowest BCUT2D eigenvalue weighted by Crippen LogP contribution is -2.59. The van der Waals surface area contributed by atoms with Gasteiger partial charge in [0, 0.05) is 12.2 Å². The number of aryl methyl sites for hydroxylation is 2. The molecule has 2 bridgehead atoms. The van der Waals surface area contributed by atoms with Crippen molar-refractivity contribution < 1.29 is 29.0 Å². The summed E-state index contributed by atoms with van der Waals surface area (Å²) in [7, 11) is 0. The van der Waals surface area contributed by atoms with Gasteiger partial charge in [0.1, 0.15) is 17.6 Å². The van der Waals surface area contributed by atoms with Gasteiger partial charge in [0.25, 0.3) is 5.91 Å². The van der Waals surface area contributed by atoms with Crippen LogP contribution in [-0.4, -0.2) is 70.8 Å². The van der Waals surface area contributed by atoms with Crippen LogP contribution in [-0.2, 0) is 30.3 Å². The maximum Gasteiger partial charge on any atom is 0.312 e. The van der Waals surface area contributed by atoms with E-state index in [2.05, 4.69) is 13.2 Å². The molecule has 3 aliphatic heterocycles. The van der Waals surface area contributed by atoms with Crippen molar-refractivity contribution in [1.29, 1.82) is 0 Å². The van der Waals surface area contributed by atoms with Gasteiger partial charge in [-0.15, -0.1) is 13.2 Å². The van der Waals surface area contributed by atoms with Crippen molar-refractivity contribution in [2.24, 2.45) is 11.8 Å². The summed E-state index contributed by atoms with van der Waals surface area (Å²) < 4.78 is 12.4. The standard InChI is InChI=1S/C35H42N2O6/c1-6-8-20-42-33(41)28-27-31(39)37(26(22-38)21-25-15-10-9-11-16-25)30(35(27)18-17-34(28,5)43-35)32(40)36(19-7-2)29-23(3)13-12-14-24(29)4/h6-7,9-16,26-28,30,38H,1-2,8,17-22H2,3-5H3/t26-,27+,28-,30?,34+,35?/m1/s1. The number of hydrogen-bond acceptors (Lipinski definition) is 6. The van der Waals surface area contributed by atoms with Gasteiger partial charge in [0.15, 0.2) is 0 Å². The van der Waals surface area contributed by atoms with Gasteiger partial charge in [-0.2, -0.15) is 0 Å². The zero-order valence-corrected chi connectivity index (χ0v) is 25.3. The SMILES string of the molecule is C=CCCOC(=O)[C@H]1[C@H]2C(=O)N([C@@H](CO)Cc3ccccc3)C(C(=O)N(CC=C)c3c(C)cccc3C)C23CC[C@]1(C)O3. The Morgan fingerprint density at radius 2 is 1.81 bits per heavy atom. The third-order valence-electron chi connectivity index (χ3n) is 9.47. The third kappa shape index (κ3) is 5.10. The van der Waals surface area contributed by atoms with Gasteiger partial charge in [-0.05, 0) is 63.1 Å². The van der Waals surface area contributed by atoms with Crippen molar-refractivity contribution >= 4 is 23.5 Å². The Bertz CT molecular complexity index is 1390. The largest absolute Gasteiger partial charge is 0.465 e. The molecule has 8 heteroatoms. The van der Waals surface area contributed by atoms with Crippen molar-refractivity contribution in [3.63, 3.8) is 0 Å². The fraction of sp³-hybridized carbons (Fsp3) is 0.457. The second-order valence-electron chi connectivity index (χ2n) is 12.2. The highest BCUT2D eigenvalue weighted by atomic mass is 16.6. The molecule has 2 aromatic rings. The van der Waals surface area contributed by atoms with Crippen LogP contribution >= 0.6 is 0 Å². The first-order chi connectivity index (χ1) is 20.6. The Kier molecular flexibility index (Phi) is 8.63. The van der Waals surface area contributed by atoms with Crippen molar-refractivity contribution in [2.45, 2.75) is 69.7 Å². The van der Waals surface area contributed by atoms with Crippen LogP contribution in [0.2, 0.25) is 0 Å².